The van der Waals surface area contributed by atoms with Crippen molar-refractivity contribution < 1.29 is 0 Å². The van der Waals surface area contributed by atoms with Gasteiger partial charge in [-0.3, -0.25) is 9.67 Å². The molecule has 0 fully saturated rings. The molecule has 0 saturated heterocycles. The quantitative estimate of drug-likeness (QED) is 0.446. The van der Waals surface area contributed by atoms with Crippen LogP contribution in [0.4, 0.5) is 0 Å². The average Bonchev–Trinajstić information content (AvgIpc) is 2.69. The molecule has 0 radical (unpaired) electrons. The van der Waals surface area contributed by atoms with E-state index in [2.05, 4.69) is 20.1 Å². The van der Waals surface area contributed by atoms with Gasteiger partial charge in [0.25, 0.3) is 0 Å². The molecule has 0 unspecified atom stereocenters. The van der Waals surface area contributed by atoms with Gasteiger partial charge in [0.05, 0.1) is 12.2 Å². The summed E-state index contributed by atoms with van der Waals surface area (Å²) in [5.74, 6) is 0. The lowest BCUT2D eigenvalue weighted by Gasteiger charge is -1.94. The van der Waals surface area contributed by atoms with Crippen LogP contribution in [0, 0.1) is 0 Å². The van der Waals surface area contributed by atoms with Gasteiger partial charge in [-0.05, 0) is 23.7 Å². The zero-order chi connectivity index (χ0) is 11.4. The first-order valence-corrected chi connectivity index (χ1v) is 4.75. The molecule has 16 heavy (non-hydrogen) atoms. The summed E-state index contributed by atoms with van der Waals surface area (Å²) in [5, 5.41) is 7.86. The third-order valence-corrected chi connectivity index (χ3v) is 2.25. The Morgan fingerprint density at radius 1 is 1.44 bits per heavy atom. The summed E-state index contributed by atoms with van der Waals surface area (Å²) < 4.78 is 1.71. The number of hydrogen-bond donors (Lipinski definition) is 0. The number of aryl methyl sites for hydroxylation is 1. The summed E-state index contributed by atoms with van der Waals surface area (Å²) >= 11 is 0. The second-order valence-corrected chi connectivity index (χ2v) is 3.27. The van der Waals surface area contributed by atoms with Crippen LogP contribution in [0.1, 0.15) is 5.69 Å². The first-order valence-electron chi connectivity index (χ1n) is 4.75. The summed E-state index contributed by atoms with van der Waals surface area (Å²) in [5.41, 5.74) is 11.0. The van der Waals surface area contributed by atoms with Gasteiger partial charge in [0.2, 0.25) is 0 Å². The molecular formula is C10H10N6. The number of aromatic nitrogens is 3. The predicted molar refractivity (Wildman–Crippen MR) is 59.3 cm³/mol. The molecule has 0 aliphatic carbocycles. The second-order valence-electron chi connectivity index (χ2n) is 3.27. The van der Waals surface area contributed by atoms with Crippen LogP contribution < -0.4 is 0 Å². The van der Waals surface area contributed by atoms with Crippen molar-refractivity contribution in [1.82, 2.24) is 14.8 Å². The SMILES string of the molecule is Cn1nc(-c2ccncc2)cc1CN=[N+]=[N-]. The lowest BCUT2D eigenvalue weighted by Crippen LogP contribution is -1.96. The Hall–Kier alpha value is -2.33. The molecule has 0 aliphatic heterocycles. The summed E-state index contributed by atoms with van der Waals surface area (Å²) in [6.45, 7) is 0.311. The third kappa shape index (κ3) is 2.02. The van der Waals surface area contributed by atoms with Gasteiger partial charge in [-0.25, -0.2) is 0 Å². The Kier molecular flexibility index (Phi) is 2.84. The largest absolute Gasteiger partial charge is 0.272 e. The molecule has 0 aliphatic rings. The van der Waals surface area contributed by atoms with Crippen molar-refractivity contribution in [2.75, 3.05) is 0 Å². The van der Waals surface area contributed by atoms with E-state index < -0.39 is 0 Å². The van der Waals surface area contributed by atoms with E-state index >= 15 is 0 Å². The van der Waals surface area contributed by atoms with Crippen LogP contribution in [-0.4, -0.2) is 14.8 Å². The molecule has 0 spiro atoms. The van der Waals surface area contributed by atoms with Gasteiger partial charge >= 0.3 is 0 Å². The summed E-state index contributed by atoms with van der Waals surface area (Å²) in [4.78, 5) is 6.68. The van der Waals surface area contributed by atoms with Gasteiger partial charge in [-0.15, -0.1) is 0 Å². The van der Waals surface area contributed by atoms with E-state index in [0.717, 1.165) is 17.0 Å². The van der Waals surface area contributed by atoms with Crippen LogP contribution in [0.3, 0.4) is 0 Å². The van der Waals surface area contributed by atoms with Crippen molar-refractivity contribution >= 4 is 0 Å². The molecule has 0 amide bonds. The molecule has 2 rings (SSSR count). The van der Waals surface area contributed by atoms with Gasteiger partial charge in [0.1, 0.15) is 0 Å². The predicted octanol–water partition coefficient (Wildman–Crippen LogP) is 2.29. The highest BCUT2D eigenvalue weighted by Gasteiger charge is 2.05. The minimum absolute atomic E-state index is 0.311. The molecule has 2 heterocycles. The van der Waals surface area contributed by atoms with Crippen LogP contribution in [0.25, 0.3) is 21.7 Å². The highest BCUT2D eigenvalue weighted by atomic mass is 15.3. The van der Waals surface area contributed by atoms with Crippen LogP contribution in [0.5, 0.6) is 0 Å². The highest BCUT2D eigenvalue weighted by Crippen LogP contribution is 2.17. The van der Waals surface area contributed by atoms with Crippen LogP contribution in [-0.2, 0) is 13.6 Å². The lowest BCUT2D eigenvalue weighted by atomic mass is 10.2. The third-order valence-electron chi connectivity index (χ3n) is 2.25. The first-order chi connectivity index (χ1) is 7.81. The van der Waals surface area contributed by atoms with E-state index in [-0.39, 0.29) is 0 Å². The van der Waals surface area contributed by atoms with Gasteiger partial charge in [0.15, 0.2) is 0 Å². The van der Waals surface area contributed by atoms with Crippen molar-refractivity contribution in [2.45, 2.75) is 6.54 Å². The van der Waals surface area contributed by atoms with E-state index in [9.17, 15) is 0 Å². The molecule has 0 N–H and O–H groups in total. The minimum Gasteiger partial charge on any atom is -0.272 e. The second kappa shape index (κ2) is 4.46. The van der Waals surface area contributed by atoms with Crippen molar-refractivity contribution in [3.8, 4) is 11.3 Å². The Bertz CT molecular complexity index is 523. The average molecular weight is 214 g/mol. The number of pyridine rings is 1. The van der Waals surface area contributed by atoms with Crippen molar-refractivity contribution in [1.29, 1.82) is 0 Å². The molecule has 6 nitrogen and oxygen atoms in total. The van der Waals surface area contributed by atoms with Gasteiger partial charge in [-0.2, -0.15) is 5.10 Å². The molecule has 0 aromatic carbocycles. The topological polar surface area (TPSA) is 79.5 Å². The number of azide groups is 1. The number of rotatable bonds is 3. The van der Waals surface area contributed by atoms with Crippen LogP contribution >= 0.6 is 0 Å². The maximum absolute atomic E-state index is 8.26. The Balaban J connectivity index is 2.34. The lowest BCUT2D eigenvalue weighted by molar-refractivity contribution is 0.713. The highest BCUT2D eigenvalue weighted by molar-refractivity contribution is 5.58. The molecular weight excluding hydrogens is 204 g/mol. The van der Waals surface area contributed by atoms with E-state index in [1.165, 1.54) is 0 Å². The molecule has 2 aromatic rings. The molecule has 2 aromatic heterocycles. The molecule has 0 atom stereocenters. The van der Waals surface area contributed by atoms with Gasteiger partial charge in [-0.1, -0.05) is 5.11 Å². The fourth-order valence-electron chi connectivity index (χ4n) is 1.42. The molecule has 80 valence electrons. The standard InChI is InChI=1S/C10H10N6/c1-16-9(7-13-15-11)6-10(14-16)8-2-4-12-5-3-8/h2-6H,7H2,1H3. The van der Waals surface area contributed by atoms with E-state index in [1.54, 1.807) is 17.1 Å². The number of nitrogens with zero attached hydrogens (tertiary/aromatic N) is 6. The summed E-state index contributed by atoms with van der Waals surface area (Å²) in [6.07, 6.45) is 3.44. The monoisotopic (exact) mass is 214 g/mol. The van der Waals surface area contributed by atoms with Crippen molar-refractivity contribution in [3.05, 3.63) is 46.7 Å². The maximum Gasteiger partial charge on any atom is 0.0927 e. The Morgan fingerprint density at radius 3 is 2.88 bits per heavy atom. The number of hydrogen-bond acceptors (Lipinski definition) is 3. The van der Waals surface area contributed by atoms with Crippen LogP contribution in [0.15, 0.2) is 35.7 Å². The maximum atomic E-state index is 8.26. The van der Waals surface area contributed by atoms with Crippen molar-refractivity contribution in [3.63, 3.8) is 0 Å². The molecule has 0 saturated carbocycles. The molecule has 6 heteroatoms. The fourth-order valence-corrected chi connectivity index (χ4v) is 1.42. The normalized spacial score (nSPS) is 9.81. The van der Waals surface area contributed by atoms with Gasteiger partial charge in [0, 0.05) is 35.6 Å². The Labute approximate surface area is 92.2 Å². The minimum atomic E-state index is 0.311. The van der Waals surface area contributed by atoms with Crippen molar-refractivity contribution in [2.24, 2.45) is 12.2 Å². The Morgan fingerprint density at radius 2 is 2.19 bits per heavy atom. The summed E-state index contributed by atoms with van der Waals surface area (Å²) in [6, 6.07) is 5.68. The smallest absolute Gasteiger partial charge is 0.0927 e. The van der Waals surface area contributed by atoms with E-state index in [4.69, 9.17) is 5.53 Å². The van der Waals surface area contributed by atoms with E-state index in [1.807, 2.05) is 25.2 Å². The molecule has 0 bridgehead atoms. The van der Waals surface area contributed by atoms with E-state index in [0.29, 0.717) is 6.54 Å². The summed E-state index contributed by atoms with van der Waals surface area (Å²) in [7, 11) is 1.83. The first kappa shape index (κ1) is 10.2. The van der Waals surface area contributed by atoms with Crippen LogP contribution in [0.2, 0.25) is 0 Å². The van der Waals surface area contributed by atoms with Gasteiger partial charge < -0.3 is 0 Å². The zero-order valence-corrected chi connectivity index (χ0v) is 8.78. The fraction of sp³-hybridized carbons (Fsp3) is 0.200. The zero-order valence-electron chi connectivity index (χ0n) is 8.78.